The lowest BCUT2D eigenvalue weighted by atomic mass is 10.2. The van der Waals surface area contributed by atoms with Gasteiger partial charge in [-0.3, -0.25) is 0 Å². The first-order valence-corrected chi connectivity index (χ1v) is 7.92. The van der Waals surface area contributed by atoms with Crippen LogP contribution in [0, 0.1) is 0 Å². The molecule has 0 atom stereocenters. The van der Waals surface area contributed by atoms with Gasteiger partial charge in [-0.2, -0.15) is 0 Å². The highest BCUT2D eigenvalue weighted by molar-refractivity contribution is 7.99. The summed E-state index contributed by atoms with van der Waals surface area (Å²) in [6.45, 7) is 1.32. The van der Waals surface area contributed by atoms with Crippen molar-refractivity contribution in [1.82, 2.24) is 0 Å². The molecule has 21 heavy (non-hydrogen) atoms. The SMILES string of the molecule is OCc1ccc(Sc2ccc3c(c2)OCCCO3)cc1Cl. The summed E-state index contributed by atoms with van der Waals surface area (Å²) >= 11 is 7.71. The Hall–Kier alpha value is -1.36. The molecule has 0 saturated carbocycles. The lowest BCUT2D eigenvalue weighted by Gasteiger charge is -2.09. The lowest BCUT2D eigenvalue weighted by molar-refractivity contribution is 0.282. The van der Waals surface area contributed by atoms with Crippen LogP contribution in [0.1, 0.15) is 12.0 Å². The number of aliphatic hydroxyl groups excluding tert-OH is 1. The molecule has 0 amide bonds. The third-order valence-electron chi connectivity index (χ3n) is 3.15. The Morgan fingerprint density at radius 1 is 1.00 bits per heavy atom. The number of ether oxygens (including phenoxy) is 2. The van der Waals surface area contributed by atoms with E-state index in [9.17, 15) is 0 Å². The van der Waals surface area contributed by atoms with Crippen molar-refractivity contribution in [3.05, 3.63) is 47.0 Å². The van der Waals surface area contributed by atoms with Gasteiger partial charge >= 0.3 is 0 Å². The van der Waals surface area contributed by atoms with Crippen molar-refractivity contribution in [2.75, 3.05) is 13.2 Å². The predicted octanol–water partition coefficient (Wildman–Crippen LogP) is 4.14. The molecule has 1 N–H and O–H groups in total. The summed E-state index contributed by atoms with van der Waals surface area (Å²) in [6.07, 6.45) is 0.898. The van der Waals surface area contributed by atoms with E-state index in [2.05, 4.69) is 0 Å². The molecular formula is C16H15ClO3S. The molecule has 1 aliphatic rings. The van der Waals surface area contributed by atoms with Crippen molar-refractivity contribution in [1.29, 1.82) is 0 Å². The maximum Gasteiger partial charge on any atom is 0.162 e. The van der Waals surface area contributed by atoms with Gasteiger partial charge in [0, 0.05) is 21.2 Å². The molecule has 1 heterocycles. The number of hydrogen-bond donors (Lipinski definition) is 1. The zero-order chi connectivity index (χ0) is 14.7. The zero-order valence-electron chi connectivity index (χ0n) is 11.3. The van der Waals surface area contributed by atoms with Crippen LogP contribution in [-0.4, -0.2) is 18.3 Å². The fraction of sp³-hybridized carbons (Fsp3) is 0.250. The van der Waals surface area contributed by atoms with Crippen LogP contribution >= 0.6 is 23.4 Å². The van der Waals surface area contributed by atoms with Crippen LogP contribution in [0.15, 0.2) is 46.2 Å². The molecular weight excluding hydrogens is 308 g/mol. The van der Waals surface area contributed by atoms with Gasteiger partial charge in [0.25, 0.3) is 0 Å². The summed E-state index contributed by atoms with van der Waals surface area (Å²) in [7, 11) is 0. The van der Waals surface area contributed by atoms with Crippen molar-refractivity contribution < 1.29 is 14.6 Å². The summed E-state index contributed by atoms with van der Waals surface area (Å²) in [4.78, 5) is 2.08. The van der Waals surface area contributed by atoms with Crippen molar-refractivity contribution in [2.45, 2.75) is 22.8 Å². The molecule has 5 heteroatoms. The summed E-state index contributed by atoms with van der Waals surface area (Å²) in [6, 6.07) is 11.6. The fourth-order valence-electron chi connectivity index (χ4n) is 2.06. The van der Waals surface area contributed by atoms with Crippen LogP contribution in [0.25, 0.3) is 0 Å². The highest BCUT2D eigenvalue weighted by Gasteiger charge is 2.11. The topological polar surface area (TPSA) is 38.7 Å². The average molecular weight is 323 g/mol. The van der Waals surface area contributed by atoms with E-state index in [1.165, 1.54) is 0 Å². The quantitative estimate of drug-likeness (QED) is 0.921. The Labute approximate surface area is 132 Å². The largest absolute Gasteiger partial charge is 0.490 e. The van der Waals surface area contributed by atoms with Crippen LogP contribution in [0.3, 0.4) is 0 Å². The molecule has 0 bridgehead atoms. The number of benzene rings is 2. The van der Waals surface area contributed by atoms with Gasteiger partial charge in [0.15, 0.2) is 11.5 Å². The highest BCUT2D eigenvalue weighted by Crippen LogP contribution is 2.37. The Kier molecular flexibility index (Phi) is 4.58. The molecule has 0 spiro atoms. The van der Waals surface area contributed by atoms with Crippen molar-refractivity contribution >= 4 is 23.4 Å². The highest BCUT2D eigenvalue weighted by atomic mass is 35.5. The van der Waals surface area contributed by atoms with Gasteiger partial charge in [-0.15, -0.1) is 0 Å². The molecule has 0 aliphatic carbocycles. The van der Waals surface area contributed by atoms with E-state index in [0.29, 0.717) is 18.2 Å². The van der Waals surface area contributed by atoms with E-state index in [1.807, 2.05) is 36.4 Å². The van der Waals surface area contributed by atoms with E-state index in [1.54, 1.807) is 11.8 Å². The molecule has 1 aliphatic heterocycles. The number of aliphatic hydroxyl groups is 1. The van der Waals surface area contributed by atoms with Gasteiger partial charge in [-0.05, 0) is 35.9 Å². The van der Waals surface area contributed by atoms with E-state index in [4.69, 9.17) is 26.2 Å². The summed E-state index contributed by atoms with van der Waals surface area (Å²) in [5.74, 6) is 1.58. The number of halogens is 1. The average Bonchev–Trinajstić information content (AvgIpc) is 2.72. The maximum absolute atomic E-state index is 9.14. The Bertz CT molecular complexity index is 645. The number of fused-ring (bicyclic) bond motifs is 1. The Morgan fingerprint density at radius 3 is 2.48 bits per heavy atom. The third-order valence-corrected chi connectivity index (χ3v) is 4.48. The van der Waals surface area contributed by atoms with Crippen LogP contribution in [-0.2, 0) is 6.61 Å². The van der Waals surface area contributed by atoms with Crippen LogP contribution in [0.4, 0.5) is 0 Å². The van der Waals surface area contributed by atoms with Gasteiger partial charge in [-0.1, -0.05) is 29.4 Å². The van der Waals surface area contributed by atoms with E-state index in [0.717, 1.165) is 33.3 Å². The van der Waals surface area contributed by atoms with Crippen LogP contribution in [0.2, 0.25) is 5.02 Å². The molecule has 3 rings (SSSR count). The molecule has 0 fully saturated rings. The molecule has 0 saturated heterocycles. The second kappa shape index (κ2) is 6.60. The van der Waals surface area contributed by atoms with Crippen molar-refractivity contribution in [3.63, 3.8) is 0 Å². The van der Waals surface area contributed by atoms with E-state index < -0.39 is 0 Å². The minimum absolute atomic E-state index is 0.0478. The monoisotopic (exact) mass is 322 g/mol. The molecule has 0 unspecified atom stereocenters. The minimum Gasteiger partial charge on any atom is -0.490 e. The molecule has 110 valence electrons. The first-order chi connectivity index (χ1) is 10.3. The fourth-order valence-corrected chi connectivity index (χ4v) is 3.26. The summed E-state index contributed by atoms with van der Waals surface area (Å²) in [5, 5.41) is 9.72. The van der Waals surface area contributed by atoms with Crippen LogP contribution in [0.5, 0.6) is 11.5 Å². The van der Waals surface area contributed by atoms with E-state index in [-0.39, 0.29) is 6.61 Å². The Morgan fingerprint density at radius 2 is 1.71 bits per heavy atom. The van der Waals surface area contributed by atoms with Crippen molar-refractivity contribution in [3.8, 4) is 11.5 Å². The first-order valence-electron chi connectivity index (χ1n) is 6.73. The van der Waals surface area contributed by atoms with Crippen molar-refractivity contribution in [2.24, 2.45) is 0 Å². The van der Waals surface area contributed by atoms with Crippen LogP contribution < -0.4 is 9.47 Å². The summed E-state index contributed by atoms with van der Waals surface area (Å²) < 4.78 is 11.3. The first kappa shape index (κ1) is 14.6. The minimum atomic E-state index is -0.0478. The van der Waals surface area contributed by atoms with Gasteiger partial charge in [0.05, 0.1) is 19.8 Å². The second-order valence-electron chi connectivity index (χ2n) is 4.67. The standard InChI is InChI=1S/C16H15ClO3S/c17-14-8-12(3-2-11(14)10-18)21-13-4-5-15-16(9-13)20-7-1-6-19-15/h2-5,8-9,18H,1,6-7,10H2. The normalized spacial score (nSPS) is 13.8. The molecule has 2 aromatic rings. The number of hydrogen-bond acceptors (Lipinski definition) is 4. The second-order valence-corrected chi connectivity index (χ2v) is 6.23. The summed E-state index contributed by atoms with van der Waals surface area (Å²) in [5.41, 5.74) is 0.736. The molecule has 3 nitrogen and oxygen atoms in total. The number of rotatable bonds is 3. The van der Waals surface area contributed by atoms with Gasteiger partial charge in [-0.25, -0.2) is 0 Å². The predicted molar refractivity (Wildman–Crippen MR) is 83.5 cm³/mol. The van der Waals surface area contributed by atoms with E-state index >= 15 is 0 Å². The molecule has 2 aromatic carbocycles. The van der Waals surface area contributed by atoms with Gasteiger partial charge in [0.1, 0.15) is 0 Å². The third kappa shape index (κ3) is 3.46. The Balaban J connectivity index is 1.81. The van der Waals surface area contributed by atoms with Gasteiger partial charge in [0.2, 0.25) is 0 Å². The lowest BCUT2D eigenvalue weighted by Crippen LogP contribution is -1.97. The maximum atomic E-state index is 9.14. The smallest absolute Gasteiger partial charge is 0.162 e. The van der Waals surface area contributed by atoms with Gasteiger partial charge < -0.3 is 14.6 Å². The molecule has 0 radical (unpaired) electrons. The zero-order valence-corrected chi connectivity index (χ0v) is 12.9. The molecule has 0 aromatic heterocycles.